The summed E-state index contributed by atoms with van der Waals surface area (Å²) in [6, 6.07) is 13.5. The summed E-state index contributed by atoms with van der Waals surface area (Å²) in [5, 5.41) is 4.74. The van der Waals surface area contributed by atoms with Crippen LogP contribution >= 0.6 is 24.8 Å². The molecule has 3 nitrogen and oxygen atoms in total. The summed E-state index contributed by atoms with van der Waals surface area (Å²) < 4.78 is 0. The fourth-order valence-electron chi connectivity index (χ4n) is 4.38. The first-order valence-electron chi connectivity index (χ1n) is 9.22. The molecule has 1 aliphatic heterocycles. The van der Waals surface area contributed by atoms with E-state index < -0.39 is 0 Å². The highest BCUT2D eigenvalue weighted by Crippen LogP contribution is 2.38. The van der Waals surface area contributed by atoms with Crippen LogP contribution in [-0.2, 0) is 0 Å². The third-order valence-corrected chi connectivity index (χ3v) is 5.56. The van der Waals surface area contributed by atoms with E-state index in [1.54, 1.807) is 0 Å². The van der Waals surface area contributed by atoms with Gasteiger partial charge in [0.2, 0.25) is 0 Å². The molecule has 2 aromatic rings. The lowest BCUT2D eigenvalue weighted by Crippen LogP contribution is -2.47. The van der Waals surface area contributed by atoms with Gasteiger partial charge in [-0.2, -0.15) is 0 Å². The predicted octanol–water partition coefficient (Wildman–Crippen LogP) is 4.61. The molecular formula is C20H29Cl2N3. The van der Waals surface area contributed by atoms with Crippen molar-refractivity contribution in [3.8, 4) is 0 Å². The molecule has 138 valence electrons. The number of piperazine rings is 1. The Labute approximate surface area is 163 Å². The lowest BCUT2D eigenvalue weighted by atomic mass is 9.81. The zero-order valence-corrected chi connectivity index (χ0v) is 16.3. The van der Waals surface area contributed by atoms with Crippen molar-refractivity contribution >= 4 is 35.7 Å². The van der Waals surface area contributed by atoms with Gasteiger partial charge in [0, 0.05) is 31.6 Å². The normalized spacial score (nSPS) is 20.5. The van der Waals surface area contributed by atoms with Crippen LogP contribution in [0.4, 0.5) is 0 Å². The van der Waals surface area contributed by atoms with Gasteiger partial charge < -0.3 is 5.32 Å². The highest BCUT2D eigenvalue weighted by Gasteiger charge is 2.31. The van der Waals surface area contributed by atoms with Crippen LogP contribution < -0.4 is 5.32 Å². The topological polar surface area (TPSA) is 28.2 Å². The Kier molecular flexibility index (Phi) is 7.95. The van der Waals surface area contributed by atoms with Gasteiger partial charge >= 0.3 is 0 Å². The molecule has 1 atom stereocenters. The van der Waals surface area contributed by atoms with Crippen LogP contribution in [0.3, 0.4) is 0 Å². The molecule has 4 rings (SSSR count). The van der Waals surface area contributed by atoms with Gasteiger partial charge in [-0.05, 0) is 30.9 Å². The lowest BCUT2D eigenvalue weighted by Gasteiger charge is -2.40. The van der Waals surface area contributed by atoms with Gasteiger partial charge in [-0.15, -0.1) is 24.8 Å². The number of halogens is 2. The monoisotopic (exact) mass is 381 g/mol. The maximum Gasteiger partial charge on any atom is 0.0706 e. The Morgan fingerprint density at radius 2 is 1.64 bits per heavy atom. The van der Waals surface area contributed by atoms with Gasteiger partial charge in [0.1, 0.15) is 0 Å². The summed E-state index contributed by atoms with van der Waals surface area (Å²) in [7, 11) is 0. The molecule has 2 heterocycles. The van der Waals surface area contributed by atoms with Crippen molar-refractivity contribution in [2.24, 2.45) is 5.92 Å². The van der Waals surface area contributed by atoms with Crippen molar-refractivity contribution in [2.45, 2.75) is 38.1 Å². The quantitative estimate of drug-likeness (QED) is 0.841. The Morgan fingerprint density at radius 3 is 2.40 bits per heavy atom. The smallest absolute Gasteiger partial charge is 0.0706 e. The molecule has 0 unspecified atom stereocenters. The van der Waals surface area contributed by atoms with Crippen molar-refractivity contribution in [1.29, 1.82) is 0 Å². The maximum absolute atomic E-state index is 5.06. The Bertz CT molecular complexity index is 634. The minimum atomic E-state index is 0. The van der Waals surface area contributed by atoms with E-state index in [-0.39, 0.29) is 24.8 Å². The van der Waals surface area contributed by atoms with E-state index in [9.17, 15) is 0 Å². The molecule has 1 N–H and O–H groups in total. The SMILES string of the molecule is Cl.Cl.c1ccc2nc([C@@H](C3CCCCC3)N3CCNCC3)ccc2c1. The number of rotatable bonds is 3. The van der Waals surface area contributed by atoms with Gasteiger partial charge in [0.25, 0.3) is 0 Å². The van der Waals surface area contributed by atoms with Crippen molar-refractivity contribution < 1.29 is 0 Å². The average Bonchev–Trinajstić information content (AvgIpc) is 2.64. The summed E-state index contributed by atoms with van der Waals surface area (Å²) >= 11 is 0. The number of hydrogen-bond acceptors (Lipinski definition) is 3. The second-order valence-electron chi connectivity index (χ2n) is 7.06. The van der Waals surface area contributed by atoms with E-state index in [4.69, 9.17) is 4.98 Å². The Hall–Kier alpha value is -0.870. The van der Waals surface area contributed by atoms with E-state index in [1.165, 1.54) is 43.2 Å². The minimum Gasteiger partial charge on any atom is -0.314 e. The van der Waals surface area contributed by atoms with Crippen molar-refractivity contribution in [3.63, 3.8) is 0 Å². The number of aromatic nitrogens is 1. The maximum atomic E-state index is 5.06. The fraction of sp³-hybridized carbons (Fsp3) is 0.550. The number of benzene rings is 1. The number of pyridine rings is 1. The lowest BCUT2D eigenvalue weighted by molar-refractivity contribution is 0.101. The molecule has 0 amide bonds. The van der Waals surface area contributed by atoms with Crippen LogP contribution in [0.1, 0.15) is 43.8 Å². The average molecular weight is 382 g/mol. The van der Waals surface area contributed by atoms with Crippen molar-refractivity contribution in [3.05, 3.63) is 42.1 Å². The number of para-hydroxylation sites is 1. The second-order valence-corrected chi connectivity index (χ2v) is 7.06. The van der Waals surface area contributed by atoms with Gasteiger partial charge in [0.05, 0.1) is 17.3 Å². The number of hydrogen-bond donors (Lipinski definition) is 1. The van der Waals surface area contributed by atoms with Crippen LogP contribution in [0.5, 0.6) is 0 Å². The van der Waals surface area contributed by atoms with E-state index in [0.717, 1.165) is 37.6 Å². The molecule has 25 heavy (non-hydrogen) atoms. The molecule has 2 aliphatic rings. The second kappa shape index (κ2) is 9.72. The van der Waals surface area contributed by atoms with Crippen LogP contribution in [0, 0.1) is 5.92 Å². The first-order chi connectivity index (χ1) is 11.4. The third kappa shape index (κ3) is 4.65. The molecule has 1 saturated carbocycles. The molecule has 0 spiro atoms. The van der Waals surface area contributed by atoms with Gasteiger partial charge in [-0.3, -0.25) is 9.88 Å². The number of nitrogens with one attached hydrogen (secondary N) is 1. The molecule has 2 fully saturated rings. The molecular weight excluding hydrogens is 353 g/mol. The third-order valence-electron chi connectivity index (χ3n) is 5.56. The standard InChI is InChI=1S/C20H27N3.2ClH/c1-2-7-17(8-3-1)20(23-14-12-21-13-15-23)19-11-10-16-6-4-5-9-18(16)22-19;;/h4-6,9-11,17,20-21H,1-3,7-8,12-15H2;2*1H/t20-;;/m1../s1. The predicted molar refractivity (Wildman–Crippen MR) is 110 cm³/mol. The van der Waals surface area contributed by atoms with E-state index >= 15 is 0 Å². The van der Waals surface area contributed by atoms with Gasteiger partial charge in [-0.25, -0.2) is 0 Å². The summed E-state index contributed by atoms with van der Waals surface area (Å²) in [4.78, 5) is 7.75. The molecule has 1 saturated heterocycles. The van der Waals surface area contributed by atoms with E-state index in [2.05, 4.69) is 46.6 Å². The highest BCUT2D eigenvalue weighted by molar-refractivity contribution is 5.85. The fourth-order valence-corrected chi connectivity index (χ4v) is 4.38. The van der Waals surface area contributed by atoms with Crippen LogP contribution in [0.25, 0.3) is 10.9 Å². The summed E-state index contributed by atoms with van der Waals surface area (Å²) in [5.41, 5.74) is 2.43. The molecule has 1 aromatic carbocycles. The van der Waals surface area contributed by atoms with E-state index in [0.29, 0.717) is 6.04 Å². The highest BCUT2D eigenvalue weighted by atomic mass is 35.5. The first-order valence-corrected chi connectivity index (χ1v) is 9.22. The molecule has 5 heteroatoms. The zero-order chi connectivity index (χ0) is 15.5. The summed E-state index contributed by atoms with van der Waals surface area (Å²) in [6.45, 7) is 4.51. The van der Waals surface area contributed by atoms with Gasteiger partial charge in [-0.1, -0.05) is 43.5 Å². The largest absolute Gasteiger partial charge is 0.314 e. The summed E-state index contributed by atoms with van der Waals surface area (Å²) in [6.07, 6.45) is 6.92. The Balaban J connectivity index is 0.00000113. The number of fused-ring (bicyclic) bond motifs is 1. The molecule has 0 radical (unpaired) electrons. The van der Waals surface area contributed by atoms with Crippen LogP contribution in [0.15, 0.2) is 36.4 Å². The Morgan fingerprint density at radius 1 is 0.920 bits per heavy atom. The zero-order valence-electron chi connectivity index (χ0n) is 14.7. The summed E-state index contributed by atoms with van der Waals surface area (Å²) in [5.74, 6) is 0.774. The first kappa shape index (κ1) is 20.4. The van der Waals surface area contributed by atoms with E-state index in [1.807, 2.05) is 0 Å². The molecule has 0 bridgehead atoms. The van der Waals surface area contributed by atoms with Crippen LogP contribution in [0.2, 0.25) is 0 Å². The molecule has 1 aromatic heterocycles. The molecule has 1 aliphatic carbocycles. The van der Waals surface area contributed by atoms with Crippen molar-refractivity contribution in [1.82, 2.24) is 15.2 Å². The van der Waals surface area contributed by atoms with Crippen molar-refractivity contribution in [2.75, 3.05) is 26.2 Å². The number of nitrogens with zero attached hydrogens (tertiary/aromatic N) is 2. The van der Waals surface area contributed by atoms with Crippen LogP contribution in [-0.4, -0.2) is 36.1 Å². The van der Waals surface area contributed by atoms with Gasteiger partial charge in [0.15, 0.2) is 0 Å². The minimum absolute atomic E-state index is 0.